The molecule has 0 saturated carbocycles. The largest absolute Gasteiger partial charge is 0.466 e. The monoisotopic (exact) mass is 816 g/mol. The van der Waals surface area contributed by atoms with Crippen LogP contribution in [0.15, 0.2) is 36.5 Å². The van der Waals surface area contributed by atoms with E-state index in [-0.39, 0.29) is 18.5 Å². The number of unbranched alkanes of at least 4 members (excludes halogenated alkanes) is 31. The molecule has 0 aromatic heterocycles. The van der Waals surface area contributed by atoms with Gasteiger partial charge in [-0.05, 0) is 77.0 Å². The second-order valence-electron chi connectivity index (χ2n) is 17.1. The molecule has 0 aliphatic carbocycles. The lowest BCUT2D eigenvalue weighted by molar-refractivity contribution is -0.143. The molecule has 0 radical (unpaired) electrons. The van der Waals surface area contributed by atoms with Gasteiger partial charge in [0.15, 0.2) is 0 Å². The van der Waals surface area contributed by atoms with Crippen molar-refractivity contribution in [1.82, 2.24) is 5.32 Å². The molecule has 0 aliphatic rings. The van der Waals surface area contributed by atoms with Crippen molar-refractivity contribution < 1.29 is 24.5 Å². The first kappa shape index (κ1) is 56.1. The summed E-state index contributed by atoms with van der Waals surface area (Å²) in [6, 6.07) is -0.665. The lowest BCUT2D eigenvalue weighted by atomic mass is 10.0. The van der Waals surface area contributed by atoms with Crippen LogP contribution in [0.2, 0.25) is 0 Å². The summed E-state index contributed by atoms with van der Waals surface area (Å²) in [4.78, 5) is 24.4. The highest BCUT2D eigenvalue weighted by molar-refractivity contribution is 5.76. The predicted molar refractivity (Wildman–Crippen MR) is 250 cm³/mol. The van der Waals surface area contributed by atoms with E-state index in [1.54, 1.807) is 6.08 Å². The number of carbonyl (C=O) groups excluding carboxylic acids is 2. The molecule has 0 spiro atoms. The summed E-state index contributed by atoms with van der Waals surface area (Å²) in [6.45, 7) is 4.80. The van der Waals surface area contributed by atoms with Crippen molar-refractivity contribution >= 4 is 11.9 Å². The number of allylic oxidation sites excluding steroid dienone is 5. The molecule has 0 bridgehead atoms. The Morgan fingerprint density at radius 1 is 0.466 bits per heavy atom. The van der Waals surface area contributed by atoms with E-state index >= 15 is 0 Å². The summed E-state index contributed by atoms with van der Waals surface area (Å²) in [6.07, 6.45) is 57.2. The Labute approximate surface area is 360 Å². The number of aliphatic hydroxyl groups excluding tert-OH is 2. The van der Waals surface area contributed by atoms with Crippen LogP contribution in [0.3, 0.4) is 0 Å². The van der Waals surface area contributed by atoms with Gasteiger partial charge in [-0.15, -0.1) is 0 Å². The molecule has 0 heterocycles. The van der Waals surface area contributed by atoms with Crippen molar-refractivity contribution in [3.8, 4) is 0 Å². The minimum atomic E-state index is -0.875. The fourth-order valence-corrected chi connectivity index (χ4v) is 7.45. The molecule has 1 amide bonds. The molecule has 340 valence electrons. The molecule has 0 saturated heterocycles. The molecule has 0 fully saturated rings. The minimum Gasteiger partial charge on any atom is -0.466 e. The van der Waals surface area contributed by atoms with Crippen LogP contribution in [0.1, 0.15) is 258 Å². The van der Waals surface area contributed by atoms with Gasteiger partial charge in [-0.25, -0.2) is 0 Å². The number of nitrogens with one attached hydrogen (secondary N) is 1. The Balaban J connectivity index is 3.57. The van der Waals surface area contributed by atoms with E-state index in [0.29, 0.717) is 19.4 Å². The number of esters is 1. The Bertz CT molecular complexity index is 946. The number of ether oxygens (including phenoxy) is 1. The number of aliphatic hydroxyl groups is 2. The molecular weight excluding hydrogens is 719 g/mol. The van der Waals surface area contributed by atoms with Crippen molar-refractivity contribution in [3.05, 3.63) is 36.5 Å². The third-order valence-electron chi connectivity index (χ3n) is 11.4. The van der Waals surface area contributed by atoms with Crippen LogP contribution in [-0.4, -0.2) is 47.4 Å². The molecule has 6 heteroatoms. The molecule has 0 aliphatic heterocycles. The third-order valence-corrected chi connectivity index (χ3v) is 11.4. The van der Waals surface area contributed by atoms with Crippen LogP contribution in [0.25, 0.3) is 0 Å². The van der Waals surface area contributed by atoms with Gasteiger partial charge in [0.2, 0.25) is 5.91 Å². The van der Waals surface area contributed by atoms with E-state index < -0.39 is 12.1 Å². The normalized spacial score (nSPS) is 13.0. The summed E-state index contributed by atoms with van der Waals surface area (Å²) in [5, 5.41) is 23.0. The number of amides is 1. The average molecular weight is 816 g/mol. The molecule has 6 nitrogen and oxygen atoms in total. The van der Waals surface area contributed by atoms with Crippen LogP contribution in [0, 0.1) is 0 Å². The van der Waals surface area contributed by atoms with Gasteiger partial charge in [-0.1, -0.05) is 204 Å². The Hall–Kier alpha value is -1.92. The maximum Gasteiger partial charge on any atom is 0.305 e. The number of hydrogen-bond acceptors (Lipinski definition) is 5. The standard InChI is InChI=1S/C52H97NO5/c1-3-5-7-9-11-13-15-17-19-20-21-22-24-26-30-34-38-42-46-52(57)58-47-43-39-35-31-27-29-33-37-41-45-51(56)53-49(48-54)50(55)44-40-36-32-28-25-23-18-16-14-12-10-8-6-4-2/h19-20,29,33,40,44,49-50,54-55H,3-18,21-28,30-32,34-39,41-43,45-48H2,1-2H3,(H,53,56)/b20-19-,33-29-,44-40+. The molecule has 58 heavy (non-hydrogen) atoms. The van der Waals surface area contributed by atoms with E-state index in [4.69, 9.17) is 4.74 Å². The quantitative estimate of drug-likeness (QED) is 0.0323. The molecule has 2 atom stereocenters. The van der Waals surface area contributed by atoms with Crippen molar-refractivity contribution in [2.75, 3.05) is 13.2 Å². The van der Waals surface area contributed by atoms with Gasteiger partial charge >= 0.3 is 5.97 Å². The maximum absolute atomic E-state index is 12.4. The molecule has 3 N–H and O–H groups in total. The fraction of sp³-hybridized carbons (Fsp3) is 0.846. The van der Waals surface area contributed by atoms with Gasteiger partial charge in [-0.2, -0.15) is 0 Å². The number of hydrogen-bond donors (Lipinski definition) is 3. The van der Waals surface area contributed by atoms with E-state index in [2.05, 4.69) is 43.5 Å². The van der Waals surface area contributed by atoms with Crippen molar-refractivity contribution in [2.45, 2.75) is 270 Å². The van der Waals surface area contributed by atoms with Crippen LogP contribution in [0.4, 0.5) is 0 Å². The summed E-state index contributed by atoms with van der Waals surface area (Å²) in [5.74, 6) is -0.171. The lowest BCUT2D eigenvalue weighted by Gasteiger charge is -2.19. The Morgan fingerprint density at radius 2 is 0.828 bits per heavy atom. The van der Waals surface area contributed by atoms with E-state index in [9.17, 15) is 19.8 Å². The van der Waals surface area contributed by atoms with Gasteiger partial charge in [0.1, 0.15) is 0 Å². The second-order valence-corrected chi connectivity index (χ2v) is 17.1. The second kappa shape index (κ2) is 47.8. The highest BCUT2D eigenvalue weighted by Crippen LogP contribution is 2.15. The summed E-state index contributed by atoms with van der Waals surface area (Å²) < 4.78 is 5.44. The molecule has 0 aromatic carbocycles. The average Bonchev–Trinajstić information content (AvgIpc) is 3.22. The van der Waals surface area contributed by atoms with E-state index in [0.717, 1.165) is 70.6 Å². The summed E-state index contributed by atoms with van der Waals surface area (Å²) >= 11 is 0. The summed E-state index contributed by atoms with van der Waals surface area (Å²) in [5.41, 5.74) is 0. The van der Waals surface area contributed by atoms with Crippen LogP contribution < -0.4 is 5.32 Å². The van der Waals surface area contributed by atoms with Gasteiger partial charge in [0, 0.05) is 12.8 Å². The molecule has 2 unspecified atom stereocenters. The minimum absolute atomic E-state index is 0.0417. The zero-order valence-electron chi connectivity index (χ0n) is 38.5. The van der Waals surface area contributed by atoms with Crippen LogP contribution in [-0.2, 0) is 14.3 Å². The van der Waals surface area contributed by atoms with Crippen molar-refractivity contribution in [1.29, 1.82) is 0 Å². The highest BCUT2D eigenvalue weighted by atomic mass is 16.5. The zero-order valence-corrected chi connectivity index (χ0v) is 38.5. The van der Waals surface area contributed by atoms with E-state index in [1.807, 2.05) is 6.08 Å². The number of carbonyl (C=O) groups is 2. The Morgan fingerprint density at radius 3 is 1.26 bits per heavy atom. The van der Waals surface area contributed by atoms with Crippen molar-refractivity contribution in [2.24, 2.45) is 0 Å². The SMILES string of the molecule is CCCCCCCCC/C=C\CCCCCCCCCC(=O)OCCCCCC/C=C\CCCC(=O)NC(CO)C(O)/C=C/CCCCCCCCCCCCCC. The van der Waals surface area contributed by atoms with Gasteiger partial charge < -0.3 is 20.3 Å². The topological polar surface area (TPSA) is 95.9 Å². The first-order chi connectivity index (χ1) is 28.5. The Kier molecular flexibility index (Phi) is 46.2. The fourth-order valence-electron chi connectivity index (χ4n) is 7.45. The molecular formula is C52H97NO5. The van der Waals surface area contributed by atoms with Gasteiger partial charge in [-0.3, -0.25) is 9.59 Å². The first-order valence-corrected chi connectivity index (χ1v) is 25.3. The van der Waals surface area contributed by atoms with E-state index in [1.165, 1.54) is 161 Å². The number of rotatable bonds is 46. The lowest BCUT2D eigenvalue weighted by Crippen LogP contribution is -2.45. The molecule has 0 rings (SSSR count). The summed E-state index contributed by atoms with van der Waals surface area (Å²) in [7, 11) is 0. The first-order valence-electron chi connectivity index (χ1n) is 25.3. The maximum atomic E-state index is 12.4. The highest BCUT2D eigenvalue weighted by Gasteiger charge is 2.17. The van der Waals surface area contributed by atoms with Crippen molar-refractivity contribution in [3.63, 3.8) is 0 Å². The van der Waals surface area contributed by atoms with Gasteiger partial charge in [0.25, 0.3) is 0 Å². The zero-order chi connectivity index (χ0) is 42.3. The van der Waals surface area contributed by atoms with Crippen LogP contribution in [0.5, 0.6) is 0 Å². The molecule has 0 aromatic rings. The predicted octanol–water partition coefficient (Wildman–Crippen LogP) is 14.9. The van der Waals surface area contributed by atoms with Crippen LogP contribution >= 0.6 is 0 Å². The smallest absolute Gasteiger partial charge is 0.305 e. The third kappa shape index (κ3) is 43.7. The van der Waals surface area contributed by atoms with Gasteiger partial charge in [0.05, 0.1) is 25.4 Å².